The van der Waals surface area contributed by atoms with Gasteiger partial charge in [0.2, 0.25) is 0 Å². The summed E-state index contributed by atoms with van der Waals surface area (Å²) in [5.74, 6) is 0. The van der Waals surface area contributed by atoms with Crippen LogP contribution < -0.4 is 0 Å². The molecule has 0 aromatic heterocycles. The second-order valence-corrected chi connectivity index (χ2v) is 6.50. The fourth-order valence-corrected chi connectivity index (χ4v) is 2.81. The van der Waals surface area contributed by atoms with Gasteiger partial charge in [0.25, 0.3) is 5.54 Å². The Balaban J connectivity index is 2.00. The lowest BCUT2D eigenvalue weighted by Gasteiger charge is -2.32. The van der Waals surface area contributed by atoms with Crippen molar-refractivity contribution in [2.75, 3.05) is 13.2 Å². The maximum Gasteiger partial charge on any atom is 0.267 e. The van der Waals surface area contributed by atoms with Gasteiger partial charge in [-0.25, -0.2) is 0 Å². The molecule has 1 aliphatic heterocycles. The summed E-state index contributed by atoms with van der Waals surface area (Å²) in [6.45, 7) is 4.42. The van der Waals surface area contributed by atoms with E-state index in [0.717, 1.165) is 12.8 Å². The van der Waals surface area contributed by atoms with Crippen LogP contribution in [-0.2, 0) is 9.47 Å². The number of hydrogen-bond acceptors (Lipinski definition) is 4. The molecule has 0 unspecified atom stereocenters. The molecule has 0 atom stereocenters. The normalized spacial score (nSPS) is 25.3. The van der Waals surface area contributed by atoms with Crippen LogP contribution in [0.2, 0.25) is 0 Å². The van der Waals surface area contributed by atoms with Gasteiger partial charge in [0.15, 0.2) is 6.29 Å². The van der Waals surface area contributed by atoms with Crippen molar-refractivity contribution in [2.24, 2.45) is 0 Å². The maximum absolute atomic E-state index is 11.1. The molecule has 0 spiro atoms. The van der Waals surface area contributed by atoms with Gasteiger partial charge in [0.1, 0.15) is 13.2 Å². The fourth-order valence-electron chi connectivity index (χ4n) is 2.81. The SMILES string of the molecule is CCCCCCCCCCCC1OCC(CC)([N+](=O)[O-])CO1. The van der Waals surface area contributed by atoms with Crippen molar-refractivity contribution in [1.82, 2.24) is 0 Å². The van der Waals surface area contributed by atoms with E-state index >= 15 is 0 Å². The smallest absolute Gasteiger partial charge is 0.267 e. The van der Waals surface area contributed by atoms with E-state index in [9.17, 15) is 10.1 Å². The Bertz CT molecular complexity index is 301. The van der Waals surface area contributed by atoms with Crippen molar-refractivity contribution < 1.29 is 14.4 Å². The van der Waals surface area contributed by atoms with E-state index in [-0.39, 0.29) is 24.4 Å². The number of nitro groups is 1. The first-order valence-corrected chi connectivity index (χ1v) is 9.02. The van der Waals surface area contributed by atoms with Crippen LogP contribution in [0.25, 0.3) is 0 Å². The van der Waals surface area contributed by atoms with Crippen molar-refractivity contribution in [1.29, 1.82) is 0 Å². The van der Waals surface area contributed by atoms with Crippen molar-refractivity contribution in [3.63, 3.8) is 0 Å². The second kappa shape index (κ2) is 10.9. The van der Waals surface area contributed by atoms with E-state index < -0.39 is 5.54 Å². The molecule has 0 bridgehead atoms. The third-order valence-electron chi connectivity index (χ3n) is 4.66. The Morgan fingerprint density at radius 3 is 1.91 bits per heavy atom. The number of hydrogen-bond donors (Lipinski definition) is 0. The van der Waals surface area contributed by atoms with Crippen molar-refractivity contribution >= 4 is 0 Å². The van der Waals surface area contributed by atoms with Gasteiger partial charge in [0.05, 0.1) is 0 Å². The first-order chi connectivity index (χ1) is 10.6. The average molecular weight is 315 g/mol. The summed E-state index contributed by atoms with van der Waals surface area (Å²) >= 11 is 0. The monoisotopic (exact) mass is 315 g/mol. The van der Waals surface area contributed by atoms with Crippen LogP contribution in [0.1, 0.15) is 84.5 Å². The molecule has 22 heavy (non-hydrogen) atoms. The zero-order valence-electron chi connectivity index (χ0n) is 14.3. The molecule has 130 valence electrons. The third-order valence-corrected chi connectivity index (χ3v) is 4.66. The van der Waals surface area contributed by atoms with Gasteiger partial charge in [-0.2, -0.15) is 0 Å². The molecule has 0 amide bonds. The van der Waals surface area contributed by atoms with Crippen LogP contribution in [0, 0.1) is 10.1 Å². The largest absolute Gasteiger partial charge is 0.345 e. The molecule has 0 aliphatic carbocycles. The summed E-state index contributed by atoms with van der Waals surface area (Å²) in [4.78, 5) is 10.8. The van der Waals surface area contributed by atoms with Crippen LogP contribution in [0.15, 0.2) is 0 Å². The summed E-state index contributed by atoms with van der Waals surface area (Å²) in [5.41, 5.74) is -1.03. The highest BCUT2D eigenvalue weighted by atomic mass is 16.7. The summed E-state index contributed by atoms with van der Waals surface area (Å²) in [6.07, 6.45) is 12.7. The van der Waals surface area contributed by atoms with Gasteiger partial charge in [-0.05, 0) is 12.8 Å². The first kappa shape index (κ1) is 19.4. The summed E-state index contributed by atoms with van der Waals surface area (Å²) in [7, 11) is 0. The zero-order chi connectivity index (χ0) is 16.3. The number of ether oxygens (including phenoxy) is 2. The minimum absolute atomic E-state index is 0.179. The molecule has 5 heteroatoms. The lowest BCUT2D eigenvalue weighted by Crippen LogP contribution is -2.52. The van der Waals surface area contributed by atoms with E-state index in [2.05, 4.69) is 6.92 Å². The van der Waals surface area contributed by atoms with Crippen LogP contribution in [0.4, 0.5) is 0 Å². The molecule has 1 aliphatic rings. The van der Waals surface area contributed by atoms with Crippen molar-refractivity contribution in [3.05, 3.63) is 10.1 Å². The van der Waals surface area contributed by atoms with Crippen LogP contribution in [-0.4, -0.2) is 30.0 Å². The molecule has 0 aromatic rings. The Kier molecular flexibility index (Phi) is 9.64. The Labute approximate surface area is 134 Å². The number of nitrogens with zero attached hydrogens (tertiary/aromatic N) is 1. The quantitative estimate of drug-likeness (QED) is 0.297. The highest BCUT2D eigenvalue weighted by molar-refractivity contribution is 4.80. The Morgan fingerprint density at radius 2 is 1.45 bits per heavy atom. The molecule has 1 fully saturated rings. The predicted octanol–water partition coefficient (Wildman–Crippen LogP) is 4.71. The van der Waals surface area contributed by atoms with E-state index in [1.54, 1.807) is 0 Å². The van der Waals surface area contributed by atoms with Gasteiger partial charge in [-0.15, -0.1) is 0 Å². The van der Waals surface area contributed by atoms with E-state index in [0.29, 0.717) is 6.42 Å². The highest BCUT2D eigenvalue weighted by Gasteiger charge is 2.46. The van der Waals surface area contributed by atoms with E-state index in [4.69, 9.17) is 9.47 Å². The molecule has 0 radical (unpaired) electrons. The minimum Gasteiger partial charge on any atom is -0.345 e. The van der Waals surface area contributed by atoms with Gasteiger partial charge in [-0.1, -0.05) is 65.2 Å². The summed E-state index contributed by atoms with van der Waals surface area (Å²) < 4.78 is 11.1. The molecular formula is C17H33NO4. The van der Waals surface area contributed by atoms with Gasteiger partial charge < -0.3 is 9.47 Å². The van der Waals surface area contributed by atoms with Gasteiger partial charge in [-0.3, -0.25) is 10.1 Å². The first-order valence-electron chi connectivity index (χ1n) is 9.02. The Morgan fingerprint density at radius 1 is 0.955 bits per heavy atom. The molecule has 1 heterocycles. The zero-order valence-corrected chi connectivity index (χ0v) is 14.3. The molecule has 1 saturated heterocycles. The van der Waals surface area contributed by atoms with Crippen molar-refractivity contribution in [3.8, 4) is 0 Å². The third kappa shape index (κ3) is 6.61. The number of unbranched alkanes of at least 4 members (excludes halogenated alkanes) is 8. The molecule has 0 aromatic carbocycles. The van der Waals surface area contributed by atoms with Crippen LogP contribution in [0.5, 0.6) is 0 Å². The summed E-state index contributed by atoms with van der Waals surface area (Å²) in [5, 5.41) is 11.1. The van der Waals surface area contributed by atoms with E-state index in [1.807, 2.05) is 6.92 Å². The molecule has 0 N–H and O–H groups in total. The highest BCUT2D eigenvalue weighted by Crippen LogP contribution is 2.25. The van der Waals surface area contributed by atoms with Crippen LogP contribution >= 0.6 is 0 Å². The average Bonchev–Trinajstić information content (AvgIpc) is 2.54. The topological polar surface area (TPSA) is 61.6 Å². The van der Waals surface area contributed by atoms with Crippen LogP contribution in [0.3, 0.4) is 0 Å². The second-order valence-electron chi connectivity index (χ2n) is 6.50. The standard InChI is InChI=1S/C17H33NO4/c1-3-5-6-7-8-9-10-11-12-13-16-21-14-17(4-2,15-22-16)18(19)20/h16H,3-15H2,1-2H3. The number of rotatable bonds is 12. The lowest BCUT2D eigenvalue weighted by atomic mass is 9.98. The maximum atomic E-state index is 11.1. The van der Waals surface area contributed by atoms with Gasteiger partial charge >= 0.3 is 0 Å². The molecule has 5 nitrogen and oxygen atoms in total. The van der Waals surface area contributed by atoms with Gasteiger partial charge in [0, 0.05) is 11.3 Å². The van der Waals surface area contributed by atoms with Crippen molar-refractivity contribution in [2.45, 2.75) is 96.3 Å². The molecule has 1 rings (SSSR count). The Hall–Kier alpha value is -0.680. The van der Waals surface area contributed by atoms with E-state index in [1.165, 1.54) is 51.4 Å². The molecule has 0 saturated carbocycles. The summed E-state index contributed by atoms with van der Waals surface area (Å²) in [6, 6.07) is 0. The minimum atomic E-state index is -1.03. The lowest BCUT2D eigenvalue weighted by molar-refractivity contribution is -0.592. The molecular weight excluding hydrogens is 282 g/mol. The fraction of sp³-hybridized carbons (Fsp3) is 1.00. The predicted molar refractivity (Wildman–Crippen MR) is 87.6 cm³/mol.